The molecule has 1 unspecified atom stereocenters. The van der Waals surface area contributed by atoms with Gasteiger partial charge in [0, 0.05) is 76.5 Å². The highest BCUT2D eigenvalue weighted by atomic mass is 35.5. The maximum absolute atomic E-state index is 15.5. The molecule has 57 heavy (non-hydrogen) atoms. The van der Waals surface area contributed by atoms with E-state index in [1.807, 2.05) is 21.9 Å². The second-order valence-corrected chi connectivity index (χ2v) is 16.6. The molecule has 1 aliphatic carbocycles. The number of hydrogen-bond donors (Lipinski definition) is 1. The lowest BCUT2D eigenvalue weighted by atomic mass is 9.92. The van der Waals surface area contributed by atoms with Gasteiger partial charge in [-0.2, -0.15) is 5.26 Å². The average molecular weight is 795 g/mol. The average Bonchev–Trinajstić information content (AvgIpc) is 3.90. The molecule has 0 radical (unpaired) electrons. The Hall–Kier alpha value is -5.26. The molecule has 4 amide bonds. The summed E-state index contributed by atoms with van der Waals surface area (Å²) in [5.41, 5.74) is 3.34. The third-order valence-electron chi connectivity index (χ3n) is 12.6. The molecular formula is C42H44ClFN8O5. The van der Waals surface area contributed by atoms with Gasteiger partial charge in [0.15, 0.2) is 0 Å². The van der Waals surface area contributed by atoms with Crippen LogP contribution in [0.1, 0.15) is 82.5 Å². The maximum Gasteiger partial charge on any atom is 0.256 e. The molecule has 1 aromatic heterocycles. The zero-order valence-corrected chi connectivity index (χ0v) is 32.3. The zero-order valence-electron chi connectivity index (χ0n) is 31.6. The Labute approximate surface area is 335 Å². The van der Waals surface area contributed by atoms with E-state index in [1.54, 1.807) is 24.3 Å². The number of imide groups is 1. The van der Waals surface area contributed by atoms with Gasteiger partial charge in [-0.15, -0.1) is 0 Å². The fourth-order valence-electron chi connectivity index (χ4n) is 9.53. The highest BCUT2D eigenvalue weighted by Gasteiger charge is 2.41. The number of nitriles is 1. The van der Waals surface area contributed by atoms with Crippen molar-refractivity contribution in [1.82, 2.24) is 25.0 Å². The van der Waals surface area contributed by atoms with Gasteiger partial charge in [0.2, 0.25) is 11.8 Å². The number of hydrogen-bond acceptors (Lipinski definition) is 10. The predicted molar refractivity (Wildman–Crippen MR) is 208 cm³/mol. The second-order valence-electron chi connectivity index (χ2n) is 16.1. The number of piperazine rings is 1. The first-order chi connectivity index (χ1) is 27.6. The first-order valence-electron chi connectivity index (χ1n) is 20.0. The van der Waals surface area contributed by atoms with Crippen LogP contribution in [-0.4, -0.2) is 107 Å². The Bertz CT molecular complexity index is 2180. The molecule has 0 spiro atoms. The second kappa shape index (κ2) is 15.2. The number of carbonyl (C=O) groups excluding carboxylic acids is 4. The lowest BCUT2D eigenvalue weighted by Crippen LogP contribution is -2.52. The van der Waals surface area contributed by atoms with Gasteiger partial charge < -0.3 is 24.3 Å². The van der Waals surface area contributed by atoms with E-state index in [0.717, 1.165) is 76.3 Å². The van der Waals surface area contributed by atoms with E-state index in [9.17, 15) is 19.2 Å². The molecule has 3 aromatic rings. The minimum Gasteiger partial charge on any atom is -0.490 e. The van der Waals surface area contributed by atoms with Crippen LogP contribution in [0.15, 0.2) is 42.5 Å². The van der Waals surface area contributed by atoms with E-state index in [2.05, 4.69) is 21.2 Å². The summed E-state index contributed by atoms with van der Waals surface area (Å²) in [4.78, 5) is 66.1. The monoisotopic (exact) mass is 794 g/mol. The van der Waals surface area contributed by atoms with E-state index in [4.69, 9.17) is 26.6 Å². The molecule has 6 heterocycles. The molecule has 5 aliphatic heterocycles. The van der Waals surface area contributed by atoms with Crippen LogP contribution in [0.2, 0.25) is 5.02 Å². The summed E-state index contributed by atoms with van der Waals surface area (Å²) in [7, 11) is 0. The standard InChI is InChI=1S/C42H44ClFN8O5/c43-33-18-30(4-1-26(33)20-45)57-29-5-2-28(3-6-29)51-24-35-31(41(51)55)7-9-38(46-35)50-12-11-25(22-50)21-48-13-15-49(16-14-48)37-19-32-27(17-34(37)44)23-52(42(32)56)36-8-10-39(53)47-40(36)54/h1,4,7,9,17-19,25,28-29,36H,2-3,5-6,8,10-16,21-24H2,(H,47,53,54)/t25-,28?,29?,36?/m0/s1. The SMILES string of the molecule is N#Cc1ccc(OC2CCC(N3Cc4nc(N5CC[C@@H](CN6CCN(c7cc8c(cc7F)CN(C7CCC(=O)NC7=O)C8=O)CC6)C5)ccc4C3=O)CC2)cc1Cl. The summed E-state index contributed by atoms with van der Waals surface area (Å²) in [5, 5.41) is 11.8. The molecule has 13 nitrogen and oxygen atoms in total. The molecule has 296 valence electrons. The summed E-state index contributed by atoms with van der Waals surface area (Å²) in [6, 6.07) is 13.6. The normalized spacial score (nSPS) is 25.1. The largest absolute Gasteiger partial charge is 0.490 e. The van der Waals surface area contributed by atoms with Crippen molar-refractivity contribution in [3.8, 4) is 11.8 Å². The van der Waals surface area contributed by atoms with Crippen molar-refractivity contribution in [2.75, 3.05) is 55.6 Å². The maximum atomic E-state index is 15.5. The van der Waals surface area contributed by atoms with Crippen LogP contribution in [-0.2, 0) is 22.7 Å². The number of halogens is 2. The van der Waals surface area contributed by atoms with Gasteiger partial charge in [-0.1, -0.05) is 11.6 Å². The van der Waals surface area contributed by atoms with Crippen LogP contribution in [0.25, 0.3) is 0 Å². The van der Waals surface area contributed by atoms with Crippen molar-refractivity contribution in [2.24, 2.45) is 5.92 Å². The quantitative estimate of drug-likeness (QED) is 0.324. The number of anilines is 2. The molecule has 3 saturated heterocycles. The Balaban J connectivity index is 0.750. The molecule has 6 aliphatic rings. The van der Waals surface area contributed by atoms with Gasteiger partial charge in [-0.25, -0.2) is 9.37 Å². The molecule has 1 N–H and O–H groups in total. The summed E-state index contributed by atoms with van der Waals surface area (Å²) in [6.45, 7) is 6.19. The van der Waals surface area contributed by atoms with Crippen molar-refractivity contribution < 1.29 is 28.3 Å². The highest BCUT2D eigenvalue weighted by molar-refractivity contribution is 6.31. The lowest BCUT2D eigenvalue weighted by Gasteiger charge is -2.37. The number of carbonyl (C=O) groups is 4. The molecular weight excluding hydrogens is 751 g/mol. The van der Waals surface area contributed by atoms with E-state index in [0.29, 0.717) is 64.3 Å². The molecule has 2 atom stereocenters. The number of fused-ring (bicyclic) bond motifs is 2. The number of pyridine rings is 1. The third kappa shape index (κ3) is 7.27. The Kier molecular flexibility index (Phi) is 9.98. The number of aromatic nitrogens is 1. The first-order valence-corrected chi connectivity index (χ1v) is 20.4. The van der Waals surface area contributed by atoms with Crippen LogP contribution in [0.4, 0.5) is 15.9 Å². The molecule has 1 saturated carbocycles. The number of benzene rings is 2. The molecule has 15 heteroatoms. The smallest absolute Gasteiger partial charge is 0.256 e. The van der Waals surface area contributed by atoms with Crippen LogP contribution < -0.4 is 19.9 Å². The van der Waals surface area contributed by atoms with Crippen LogP contribution in [0, 0.1) is 23.1 Å². The molecule has 0 bridgehead atoms. The number of ether oxygens (including phenoxy) is 1. The van der Waals surface area contributed by atoms with Crippen molar-refractivity contribution in [3.05, 3.63) is 81.3 Å². The van der Waals surface area contributed by atoms with Gasteiger partial charge in [0.1, 0.15) is 29.5 Å². The molecule has 4 fully saturated rings. The summed E-state index contributed by atoms with van der Waals surface area (Å²) < 4.78 is 21.6. The van der Waals surface area contributed by atoms with Crippen molar-refractivity contribution >= 4 is 46.7 Å². The van der Waals surface area contributed by atoms with E-state index in [1.165, 1.54) is 11.0 Å². The van der Waals surface area contributed by atoms with Gasteiger partial charge in [-0.3, -0.25) is 29.4 Å². The van der Waals surface area contributed by atoms with Crippen molar-refractivity contribution in [2.45, 2.75) is 76.2 Å². The first kappa shape index (κ1) is 37.3. The van der Waals surface area contributed by atoms with Crippen LogP contribution >= 0.6 is 11.6 Å². The van der Waals surface area contributed by atoms with E-state index in [-0.39, 0.29) is 55.1 Å². The molecule has 2 aromatic carbocycles. The summed E-state index contributed by atoms with van der Waals surface area (Å²) in [5.74, 6) is 0.571. The fraction of sp³-hybridized carbons (Fsp3) is 0.476. The van der Waals surface area contributed by atoms with Crippen LogP contribution in [0.3, 0.4) is 0 Å². The summed E-state index contributed by atoms with van der Waals surface area (Å²) in [6.07, 6.45) is 4.84. The Morgan fingerprint density at radius 2 is 1.65 bits per heavy atom. The van der Waals surface area contributed by atoms with Crippen molar-refractivity contribution in [3.63, 3.8) is 0 Å². The van der Waals surface area contributed by atoms with E-state index >= 15 is 4.39 Å². The number of piperidine rings is 1. The fourth-order valence-corrected chi connectivity index (χ4v) is 9.75. The number of nitrogens with one attached hydrogen (secondary N) is 1. The minimum atomic E-state index is -0.732. The zero-order chi connectivity index (χ0) is 39.4. The number of nitrogens with zero attached hydrogens (tertiary/aromatic N) is 7. The lowest BCUT2D eigenvalue weighted by molar-refractivity contribution is -0.136. The van der Waals surface area contributed by atoms with Gasteiger partial charge in [0.25, 0.3) is 11.8 Å². The Morgan fingerprint density at radius 1 is 0.860 bits per heavy atom. The van der Waals surface area contributed by atoms with E-state index < -0.39 is 11.9 Å². The van der Waals surface area contributed by atoms with Gasteiger partial charge in [0.05, 0.1) is 40.2 Å². The molecule has 9 rings (SSSR count). The van der Waals surface area contributed by atoms with Crippen molar-refractivity contribution in [1.29, 1.82) is 5.26 Å². The van der Waals surface area contributed by atoms with Crippen LogP contribution in [0.5, 0.6) is 5.75 Å². The number of rotatable bonds is 8. The topological polar surface area (TPSA) is 142 Å². The Morgan fingerprint density at radius 3 is 2.40 bits per heavy atom. The third-order valence-corrected chi connectivity index (χ3v) is 13.0. The summed E-state index contributed by atoms with van der Waals surface area (Å²) >= 11 is 6.19. The van der Waals surface area contributed by atoms with Gasteiger partial charge >= 0.3 is 0 Å². The minimum absolute atomic E-state index is 0.0309. The highest BCUT2D eigenvalue weighted by Crippen LogP contribution is 2.36. The number of amides is 4. The predicted octanol–water partition coefficient (Wildman–Crippen LogP) is 4.50. The van der Waals surface area contributed by atoms with Gasteiger partial charge in [-0.05, 0) is 86.4 Å².